The first-order valence-corrected chi connectivity index (χ1v) is 14.0. The van der Waals surface area contributed by atoms with Crippen LogP contribution >= 0.6 is 0 Å². The molecule has 1 aromatic heterocycles. The SMILES string of the molecule is CCC1(C)CCCN(CC(=O)N(C)C2C=CC3C[C@](C)(c4n[nH]c5c4CCC(C)(C)C5)NC3C2)C1=O. The Kier molecular flexibility index (Phi) is 6.37. The smallest absolute Gasteiger partial charge is 0.242 e. The molecule has 0 radical (unpaired) electrons. The molecule has 4 unspecified atom stereocenters. The predicted molar refractivity (Wildman–Crippen MR) is 141 cm³/mol. The fraction of sp³-hybridized carbons (Fsp3) is 0.759. The third-order valence-electron chi connectivity index (χ3n) is 9.88. The van der Waals surface area contributed by atoms with E-state index in [4.69, 9.17) is 5.10 Å². The number of amides is 2. The number of rotatable bonds is 5. The third-order valence-corrected chi connectivity index (χ3v) is 9.88. The van der Waals surface area contributed by atoms with E-state index in [1.807, 2.05) is 18.9 Å². The normalized spacial score (nSPS) is 35.4. The van der Waals surface area contributed by atoms with Gasteiger partial charge in [-0.05, 0) is 75.2 Å². The van der Waals surface area contributed by atoms with Crippen LogP contribution in [0.5, 0.6) is 0 Å². The molecule has 7 heteroatoms. The number of carbonyl (C=O) groups excluding carboxylic acids is 2. The van der Waals surface area contributed by atoms with Crippen molar-refractivity contribution >= 4 is 11.8 Å². The summed E-state index contributed by atoms with van der Waals surface area (Å²) >= 11 is 0. The van der Waals surface area contributed by atoms with Crippen LogP contribution in [-0.2, 0) is 28.0 Å². The van der Waals surface area contributed by atoms with Gasteiger partial charge >= 0.3 is 0 Å². The van der Waals surface area contributed by atoms with E-state index in [1.165, 1.54) is 23.4 Å². The number of nitrogens with one attached hydrogen (secondary N) is 2. The molecule has 5 atom stereocenters. The van der Waals surface area contributed by atoms with Crippen LogP contribution in [0.1, 0.15) is 90.1 Å². The largest absolute Gasteiger partial charge is 0.338 e. The van der Waals surface area contributed by atoms with E-state index in [0.29, 0.717) is 23.9 Å². The zero-order chi connectivity index (χ0) is 25.9. The van der Waals surface area contributed by atoms with E-state index >= 15 is 0 Å². The molecule has 198 valence electrons. The van der Waals surface area contributed by atoms with Gasteiger partial charge in [0.2, 0.25) is 11.8 Å². The van der Waals surface area contributed by atoms with E-state index in [9.17, 15) is 9.59 Å². The number of hydrogen-bond acceptors (Lipinski definition) is 4. The number of fused-ring (bicyclic) bond motifs is 2. The highest BCUT2D eigenvalue weighted by molar-refractivity contribution is 5.88. The van der Waals surface area contributed by atoms with E-state index in [2.05, 4.69) is 50.3 Å². The summed E-state index contributed by atoms with van der Waals surface area (Å²) in [4.78, 5) is 29.9. The zero-order valence-corrected chi connectivity index (χ0v) is 23.1. The van der Waals surface area contributed by atoms with E-state index in [-0.39, 0.29) is 35.4 Å². The molecule has 2 N–H and O–H groups in total. The lowest BCUT2D eigenvalue weighted by Crippen LogP contribution is -2.52. The van der Waals surface area contributed by atoms with Crippen LogP contribution in [0.3, 0.4) is 0 Å². The molecule has 0 bridgehead atoms. The Morgan fingerprint density at radius 1 is 1.22 bits per heavy atom. The Labute approximate surface area is 216 Å². The van der Waals surface area contributed by atoms with Crippen molar-refractivity contribution in [3.63, 3.8) is 0 Å². The van der Waals surface area contributed by atoms with Crippen LogP contribution in [0.2, 0.25) is 0 Å². The van der Waals surface area contributed by atoms with Crippen molar-refractivity contribution in [3.8, 4) is 0 Å². The van der Waals surface area contributed by atoms with Gasteiger partial charge in [-0.25, -0.2) is 0 Å². The van der Waals surface area contributed by atoms with Crippen molar-refractivity contribution < 1.29 is 9.59 Å². The maximum atomic E-state index is 13.2. The maximum absolute atomic E-state index is 13.2. The van der Waals surface area contributed by atoms with Crippen molar-refractivity contribution in [2.45, 2.75) is 104 Å². The number of piperidine rings is 1. The molecule has 1 aromatic rings. The second-order valence-corrected chi connectivity index (χ2v) is 13.3. The van der Waals surface area contributed by atoms with E-state index < -0.39 is 0 Å². The monoisotopic (exact) mass is 495 g/mol. The Hall–Kier alpha value is -2.15. The zero-order valence-electron chi connectivity index (χ0n) is 23.1. The highest BCUT2D eigenvalue weighted by atomic mass is 16.2. The fourth-order valence-corrected chi connectivity index (χ4v) is 7.18. The van der Waals surface area contributed by atoms with Crippen molar-refractivity contribution in [2.24, 2.45) is 16.7 Å². The summed E-state index contributed by atoms with van der Waals surface area (Å²) in [5.74, 6) is 0.605. The third kappa shape index (κ3) is 4.42. The first-order valence-electron chi connectivity index (χ1n) is 14.0. The minimum Gasteiger partial charge on any atom is -0.338 e. The molecule has 0 saturated carbocycles. The lowest BCUT2D eigenvalue weighted by atomic mass is 9.74. The molecule has 7 nitrogen and oxygen atoms in total. The number of likely N-dealkylation sites (tertiary alicyclic amines) is 1. The summed E-state index contributed by atoms with van der Waals surface area (Å²) in [5, 5.41) is 12.1. The molecule has 2 saturated heterocycles. The van der Waals surface area contributed by atoms with Gasteiger partial charge in [0.05, 0.1) is 23.8 Å². The number of hydrogen-bond donors (Lipinski definition) is 2. The van der Waals surface area contributed by atoms with Crippen LogP contribution < -0.4 is 5.32 Å². The minimum atomic E-state index is -0.325. The standard InChI is InChI=1S/C29H45N5O2/c1-7-28(4)12-8-14-34(26(28)36)18-24(35)33(6)20-10-9-19-16-29(5,30-22(19)15-20)25-21-11-13-27(2,3)17-23(21)31-32-25/h9-10,19-20,22,30H,7-8,11-18H2,1-6H3,(H,31,32)/t19?,20?,22?,28?,29-/m1/s1. The highest BCUT2D eigenvalue weighted by Crippen LogP contribution is 2.44. The molecule has 2 aliphatic heterocycles. The second-order valence-electron chi connectivity index (χ2n) is 13.3. The van der Waals surface area contributed by atoms with Crippen LogP contribution in [0, 0.1) is 16.7 Å². The van der Waals surface area contributed by atoms with Crippen LogP contribution in [0.15, 0.2) is 12.2 Å². The lowest BCUT2D eigenvalue weighted by molar-refractivity contribution is -0.150. The Morgan fingerprint density at radius 3 is 2.75 bits per heavy atom. The molecular formula is C29H45N5O2. The molecule has 2 fully saturated rings. The van der Waals surface area contributed by atoms with Gasteiger partial charge in [0.15, 0.2) is 0 Å². The van der Waals surface area contributed by atoms with Crippen molar-refractivity contribution in [2.75, 3.05) is 20.1 Å². The average Bonchev–Trinajstić information content (AvgIpc) is 3.40. The summed E-state index contributed by atoms with van der Waals surface area (Å²) in [5.41, 5.74) is 3.77. The number of aromatic nitrogens is 2. The minimum absolute atomic E-state index is 0.0292. The highest BCUT2D eigenvalue weighted by Gasteiger charge is 2.47. The quantitative estimate of drug-likeness (QED) is 0.606. The first-order chi connectivity index (χ1) is 16.9. The number of carbonyl (C=O) groups is 2. The van der Waals surface area contributed by atoms with E-state index in [0.717, 1.165) is 44.9 Å². The summed E-state index contributed by atoms with van der Waals surface area (Å²) in [6.07, 6.45) is 12.5. The van der Waals surface area contributed by atoms with Gasteiger partial charge in [0, 0.05) is 30.7 Å². The van der Waals surface area contributed by atoms with E-state index in [1.54, 1.807) is 4.90 Å². The fourth-order valence-electron chi connectivity index (χ4n) is 7.18. The molecule has 4 aliphatic rings. The van der Waals surface area contributed by atoms with Gasteiger partial charge in [-0.2, -0.15) is 5.10 Å². The second kappa shape index (κ2) is 9.00. The Balaban J connectivity index is 1.23. The van der Waals surface area contributed by atoms with Crippen molar-refractivity contribution in [1.29, 1.82) is 0 Å². The van der Waals surface area contributed by atoms with Gasteiger partial charge in [-0.1, -0.05) is 39.8 Å². The number of nitrogens with zero attached hydrogens (tertiary/aromatic N) is 3. The number of H-pyrrole nitrogens is 1. The summed E-state index contributed by atoms with van der Waals surface area (Å²) in [6, 6.07) is 0.354. The first kappa shape index (κ1) is 25.5. The molecule has 0 aromatic carbocycles. The summed E-state index contributed by atoms with van der Waals surface area (Å²) < 4.78 is 0. The lowest BCUT2D eigenvalue weighted by Gasteiger charge is -2.40. The van der Waals surface area contributed by atoms with Gasteiger partial charge < -0.3 is 15.1 Å². The van der Waals surface area contributed by atoms with Gasteiger partial charge in [-0.15, -0.1) is 0 Å². The molecule has 5 rings (SSSR count). The number of aromatic amines is 1. The van der Waals surface area contributed by atoms with Crippen LogP contribution in [0.25, 0.3) is 0 Å². The molecule has 0 spiro atoms. The molecule has 36 heavy (non-hydrogen) atoms. The van der Waals surface area contributed by atoms with Crippen molar-refractivity contribution in [1.82, 2.24) is 25.3 Å². The summed E-state index contributed by atoms with van der Waals surface area (Å²) in [6.45, 7) is 12.0. The summed E-state index contributed by atoms with van der Waals surface area (Å²) in [7, 11) is 1.89. The Morgan fingerprint density at radius 2 is 2.00 bits per heavy atom. The average molecular weight is 496 g/mol. The van der Waals surface area contributed by atoms with Gasteiger partial charge in [-0.3, -0.25) is 14.7 Å². The Bertz CT molecular complexity index is 1060. The molecule has 2 amide bonds. The molecular weight excluding hydrogens is 450 g/mol. The predicted octanol–water partition coefficient (Wildman–Crippen LogP) is 3.94. The van der Waals surface area contributed by atoms with Gasteiger partial charge in [0.1, 0.15) is 0 Å². The van der Waals surface area contributed by atoms with Crippen LogP contribution in [-0.4, -0.2) is 64.0 Å². The number of likely N-dealkylation sites (N-methyl/N-ethyl adjacent to an activating group) is 1. The topological polar surface area (TPSA) is 81.3 Å². The molecule has 3 heterocycles. The van der Waals surface area contributed by atoms with Crippen molar-refractivity contribution in [3.05, 3.63) is 29.1 Å². The molecule has 2 aliphatic carbocycles. The van der Waals surface area contributed by atoms with Gasteiger partial charge in [0.25, 0.3) is 0 Å². The maximum Gasteiger partial charge on any atom is 0.242 e. The van der Waals surface area contributed by atoms with Crippen LogP contribution in [0.4, 0.5) is 0 Å².